The van der Waals surface area contributed by atoms with Gasteiger partial charge in [0.2, 0.25) is 0 Å². The molecule has 1 spiro atoms. The molecule has 0 bridgehead atoms. The van der Waals surface area contributed by atoms with Gasteiger partial charge in [-0.3, -0.25) is 0 Å². The zero-order chi connectivity index (χ0) is 9.47. The molecule has 0 aromatic carbocycles. The number of likely N-dealkylation sites (tertiary alicyclic amines) is 1. The summed E-state index contributed by atoms with van der Waals surface area (Å²) in [6.07, 6.45) is 5.94. The van der Waals surface area contributed by atoms with Gasteiger partial charge in [0.05, 0.1) is 0 Å². The SMILES string of the molecule is CC(C)CC1CCN(C)CC12CC2. The smallest absolute Gasteiger partial charge is 0.00376 e. The van der Waals surface area contributed by atoms with Gasteiger partial charge in [0.25, 0.3) is 0 Å². The molecule has 76 valence electrons. The molecule has 1 saturated carbocycles. The van der Waals surface area contributed by atoms with Gasteiger partial charge in [-0.15, -0.1) is 0 Å². The minimum atomic E-state index is 0.775. The third-order valence-corrected chi connectivity index (χ3v) is 3.96. The van der Waals surface area contributed by atoms with Gasteiger partial charge < -0.3 is 4.90 Å². The van der Waals surface area contributed by atoms with Crippen molar-refractivity contribution in [2.75, 3.05) is 20.1 Å². The summed E-state index contributed by atoms with van der Waals surface area (Å²) in [4.78, 5) is 2.53. The molecule has 0 radical (unpaired) electrons. The van der Waals surface area contributed by atoms with Crippen LogP contribution in [0.2, 0.25) is 0 Å². The lowest BCUT2D eigenvalue weighted by molar-refractivity contribution is 0.109. The van der Waals surface area contributed by atoms with Crippen molar-refractivity contribution in [2.45, 2.75) is 39.5 Å². The lowest BCUT2D eigenvalue weighted by Crippen LogP contribution is -2.39. The summed E-state index contributed by atoms with van der Waals surface area (Å²) in [5, 5.41) is 0. The molecule has 0 amide bonds. The lowest BCUT2D eigenvalue weighted by atomic mass is 9.78. The fourth-order valence-electron chi connectivity index (χ4n) is 3.09. The molecule has 1 aliphatic heterocycles. The van der Waals surface area contributed by atoms with E-state index in [4.69, 9.17) is 0 Å². The van der Waals surface area contributed by atoms with Gasteiger partial charge in [-0.25, -0.2) is 0 Å². The quantitative estimate of drug-likeness (QED) is 0.633. The molecule has 1 atom stereocenters. The average Bonchev–Trinajstić information content (AvgIpc) is 2.76. The van der Waals surface area contributed by atoms with E-state index >= 15 is 0 Å². The van der Waals surface area contributed by atoms with Crippen molar-refractivity contribution in [1.29, 1.82) is 0 Å². The Morgan fingerprint density at radius 2 is 2.08 bits per heavy atom. The predicted molar refractivity (Wildman–Crippen MR) is 56.7 cm³/mol. The Bertz CT molecular complexity index is 182. The summed E-state index contributed by atoms with van der Waals surface area (Å²) < 4.78 is 0. The monoisotopic (exact) mass is 181 g/mol. The Kier molecular flexibility index (Phi) is 2.39. The van der Waals surface area contributed by atoms with Crippen LogP contribution < -0.4 is 0 Å². The maximum Gasteiger partial charge on any atom is 0.00376 e. The molecule has 2 rings (SSSR count). The summed E-state index contributed by atoms with van der Waals surface area (Å²) in [5.74, 6) is 1.94. The second-order valence-corrected chi connectivity index (χ2v) is 5.72. The van der Waals surface area contributed by atoms with Crippen LogP contribution in [0.4, 0.5) is 0 Å². The first-order valence-corrected chi connectivity index (χ1v) is 5.81. The van der Waals surface area contributed by atoms with Crippen LogP contribution in [0.1, 0.15) is 39.5 Å². The minimum Gasteiger partial charge on any atom is -0.306 e. The molecule has 2 aliphatic rings. The number of hydrogen-bond acceptors (Lipinski definition) is 1. The average molecular weight is 181 g/mol. The van der Waals surface area contributed by atoms with Gasteiger partial charge in [-0.05, 0) is 56.5 Å². The molecule has 1 aliphatic carbocycles. The molecule has 13 heavy (non-hydrogen) atoms. The van der Waals surface area contributed by atoms with Crippen molar-refractivity contribution in [1.82, 2.24) is 4.90 Å². The Morgan fingerprint density at radius 1 is 1.38 bits per heavy atom. The first-order valence-electron chi connectivity index (χ1n) is 5.81. The van der Waals surface area contributed by atoms with Crippen LogP contribution in [-0.2, 0) is 0 Å². The maximum absolute atomic E-state index is 2.53. The third kappa shape index (κ3) is 1.90. The first-order chi connectivity index (χ1) is 6.12. The van der Waals surface area contributed by atoms with E-state index in [-0.39, 0.29) is 0 Å². The van der Waals surface area contributed by atoms with E-state index in [9.17, 15) is 0 Å². The molecule has 1 saturated heterocycles. The van der Waals surface area contributed by atoms with Gasteiger partial charge in [0, 0.05) is 6.54 Å². The van der Waals surface area contributed by atoms with Crippen molar-refractivity contribution in [3.05, 3.63) is 0 Å². The Hall–Kier alpha value is -0.0400. The molecule has 0 N–H and O–H groups in total. The van der Waals surface area contributed by atoms with Gasteiger partial charge in [-0.1, -0.05) is 13.8 Å². The normalized spacial score (nSPS) is 32.8. The molecule has 1 heteroatoms. The first kappa shape index (κ1) is 9.51. The number of rotatable bonds is 2. The highest BCUT2D eigenvalue weighted by Crippen LogP contribution is 2.57. The highest BCUT2D eigenvalue weighted by atomic mass is 15.1. The summed E-state index contributed by atoms with van der Waals surface area (Å²) >= 11 is 0. The molecule has 1 unspecified atom stereocenters. The molecule has 1 heterocycles. The van der Waals surface area contributed by atoms with Crippen LogP contribution in [-0.4, -0.2) is 25.0 Å². The van der Waals surface area contributed by atoms with E-state index in [2.05, 4.69) is 25.8 Å². The van der Waals surface area contributed by atoms with E-state index < -0.39 is 0 Å². The largest absolute Gasteiger partial charge is 0.306 e. The number of nitrogens with zero attached hydrogens (tertiary/aromatic N) is 1. The summed E-state index contributed by atoms with van der Waals surface area (Å²) in [6.45, 7) is 7.45. The van der Waals surface area contributed by atoms with Gasteiger partial charge in [0.15, 0.2) is 0 Å². The fourth-order valence-corrected chi connectivity index (χ4v) is 3.09. The number of hydrogen-bond donors (Lipinski definition) is 0. The van der Waals surface area contributed by atoms with Gasteiger partial charge >= 0.3 is 0 Å². The van der Waals surface area contributed by atoms with E-state index in [0.717, 1.165) is 17.3 Å². The van der Waals surface area contributed by atoms with Crippen molar-refractivity contribution in [3.63, 3.8) is 0 Å². The topological polar surface area (TPSA) is 3.24 Å². The Balaban J connectivity index is 1.95. The second-order valence-electron chi connectivity index (χ2n) is 5.72. The zero-order valence-electron chi connectivity index (χ0n) is 9.34. The van der Waals surface area contributed by atoms with Gasteiger partial charge in [0.1, 0.15) is 0 Å². The van der Waals surface area contributed by atoms with E-state index in [0.29, 0.717) is 0 Å². The van der Waals surface area contributed by atoms with Crippen molar-refractivity contribution < 1.29 is 0 Å². The van der Waals surface area contributed by atoms with Crippen molar-refractivity contribution in [3.8, 4) is 0 Å². The molecular weight excluding hydrogens is 158 g/mol. The molecule has 0 aromatic heterocycles. The summed E-state index contributed by atoms with van der Waals surface area (Å²) in [7, 11) is 2.28. The molecule has 2 fully saturated rings. The van der Waals surface area contributed by atoms with Crippen molar-refractivity contribution >= 4 is 0 Å². The van der Waals surface area contributed by atoms with E-state index in [1.165, 1.54) is 38.8 Å². The standard InChI is InChI=1S/C12H23N/c1-10(2)8-11-4-7-13(3)9-12(11)5-6-12/h10-11H,4-9H2,1-3H3. The van der Waals surface area contributed by atoms with Crippen LogP contribution in [0.3, 0.4) is 0 Å². The third-order valence-electron chi connectivity index (χ3n) is 3.96. The van der Waals surface area contributed by atoms with Gasteiger partial charge in [-0.2, -0.15) is 0 Å². The van der Waals surface area contributed by atoms with Crippen LogP contribution in [0.25, 0.3) is 0 Å². The Morgan fingerprint density at radius 3 is 2.62 bits per heavy atom. The van der Waals surface area contributed by atoms with Crippen LogP contribution in [0, 0.1) is 17.3 Å². The summed E-state index contributed by atoms with van der Waals surface area (Å²) in [5.41, 5.74) is 0.775. The predicted octanol–water partition coefficient (Wildman–Crippen LogP) is 2.76. The molecule has 1 nitrogen and oxygen atoms in total. The minimum absolute atomic E-state index is 0.775. The fraction of sp³-hybridized carbons (Fsp3) is 1.00. The highest BCUT2D eigenvalue weighted by molar-refractivity contribution is 5.02. The van der Waals surface area contributed by atoms with E-state index in [1.54, 1.807) is 0 Å². The lowest BCUT2D eigenvalue weighted by Gasteiger charge is -2.38. The van der Waals surface area contributed by atoms with E-state index in [1.807, 2.05) is 0 Å². The van der Waals surface area contributed by atoms with Crippen molar-refractivity contribution in [2.24, 2.45) is 17.3 Å². The summed E-state index contributed by atoms with van der Waals surface area (Å²) in [6, 6.07) is 0. The number of piperidine rings is 1. The van der Waals surface area contributed by atoms with Crippen LogP contribution in [0.5, 0.6) is 0 Å². The maximum atomic E-state index is 2.53. The van der Waals surface area contributed by atoms with Crippen LogP contribution >= 0.6 is 0 Å². The zero-order valence-corrected chi connectivity index (χ0v) is 9.34. The molecule has 0 aromatic rings. The Labute approximate surface area is 82.5 Å². The second kappa shape index (κ2) is 3.27. The molecular formula is C12H23N. The van der Waals surface area contributed by atoms with Crippen LogP contribution in [0.15, 0.2) is 0 Å². The highest BCUT2D eigenvalue weighted by Gasteiger charge is 2.51.